The topological polar surface area (TPSA) is 0 Å². The molecule has 0 saturated heterocycles. The van der Waals surface area contributed by atoms with Crippen LogP contribution in [0.25, 0.3) is 0 Å². The highest BCUT2D eigenvalue weighted by molar-refractivity contribution is 5.14. The highest BCUT2D eigenvalue weighted by Crippen LogP contribution is 2.35. The van der Waals surface area contributed by atoms with Crippen molar-refractivity contribution in [2.45, 2.75) is 59.8 Å². The molecule has 0 N–H and O–H groups in total. The lowest BCUT2D eigenvalue weighted by atomic mass is 9.75. The highest BCUT2D eigenvalue weighted by Gasteiger charge is 2.23. The van der Waals surface area contributed by atoms with Crippen LogP contribution in [0.4, 0.5) is 0 Å². The number of rotatable bonds is 4. The zero-order chi connectivity index (χ0) is 12.0. The Balaban J connectivity index is 2.88. The second-order valence-corrected chi connectivity index (χ2v) is 5.18. The van der Waals surface area contributed by atoms with Crippen molar-refractivity contribution in [2.24, 2.45) is 17.3 Å². The second kappa shape index (κ2) is 6.27. The molecule has 0 nitrogen and oxygen atoms in total. The average Bonchev–Trinajstić information content (AvgIpc) is 2.31. The predicted molar refractivity (Wildman–Crippen MR) is 73.5 cm³/mol. The van der Waals surface area contributed by atoms with Crippen LogP contribution in [0.3, 0.4) is 0 Å². The van der Waals surface area contributed by atoms with Crippen molar-refractivity contribution in [3.05, 3.63) is 24.3 Å². The first kappa shape index (κ1) is 13.5. The average molecular weight is 220 g/mol. The van der Waals surface area contributed by atoms with Gasteiger partial charge in [0.25, 0.3) is 0 Å². The van der Waals surface area contributed by atoms with E-state index in [-0.39, 0.29) is 0 Å². The SMILES string of the molecule is CC[C@@H]1C/C=C\C(CC)(CC)/C=C\[C@@H]1CC. The third kappa shape index (κ3) is 2.99. The largest absolute Gasteiger partial charge is 0.0874 e. The normalized spacial score (nSPS) is 32.8. The molecule has 0 aromatic heterocycles. The Morgan fingerprint density at radius 3 is 2.19 bits per heavy atom. The summed E-state index contributed by atoms with van der Waals surface area (Å²) >= 11 is 0. The van der Waals surface area contributed by atoms with Crippen molar-refractivity contribution in [1.82, 2.24) is 0 Å². The van der Waals surface area contributed by atoms with Gasteiger partial charge < -0.3 is 0 Å². The van der Waals surface area contributed by atoms with E-state index in [0.29, 0.717) is 5.41 Å². The van der Waals surface area contributed by atoms with Crippen molar-refractivity contribution in [3.63, 3.8) is 0 Å². The van der Waals surface area contributed by atoms with Gasteiger partial charge in [-0.25, -0.2) is 0 Å². The lowest BCUT2D eigenvalue weighted by Gasteiger charge is -2.30. The predicted octanol–water partition coefficient (Wildman–Crippen LogP) is 5.36. The van der Waals surface area contributed by atoms with Crippen molar-refractivity contribution < 1.29 is 0 Å². The summed E-state index contributed by atoms with van der Waals surface area (Å²) in [6, 6.07) is 0. The highest BCUT2D eigenvalue weighted by atomic mass is 14.3. The van der Waals surface area contributed by atoms with Gasteiger partial charge in [-0.3, -0.25) is 0 Å². The van der Waals surface area contributed by atoms with E-state index in [1.807, 2.05) is 0 Å². The standard InChI is InChI=1S/C16H28/c1-5-14-10-9-12-16(7-3,8-4)13-11-15(14)6-2/h9,11-15H,5-8,10H2,1-4H3/b12-9-,13-11-/t14-,15+/m1/s1. The summed E-state index contributed by atoms with van der Waals surface area (Å²) < 4.78 is 0. The Kier molecular flexibility index (Phi) is 5.31. The van der Waals surface area contributed by atoms with E-state index >= 15 is 0 Å². The zero-order valence-corrected chi connectivity index (χ0v) is 11.5. The molecule has 1 aliphatic rings. The first-order valence-electron chi connectivity index (χ1n) is 7.08. The molecule has 0 heteroatoms. The minimum Gasteiger partial charge on any atom is -0.0874 e. The van der Waals surface area contributed by atoms with Gasteiger partial charge in [0.05, 0.1) is 0 Å². The van der Waals surface area contributed by atoms with Crippen LogP contribution in [0, 0.1) is 17.3 Å². The van der Waals surface area contributed by atoms with Gasteiger partial charge in [0.1, 0.15) is 0 Å². The minimum absolute atomic E-state index is 0.339. The third-order valence-corrected chi connectivity index (χ3v) is 4.48. The van der Waals surface area contributed by atoms with E-state index in [4.69, 9.17) is 0 Å². The Labute approximate surface area is 102 Å². The molecule has 0 unspecified atom stereocenters. The minimum atomic E-state index is 0.339. The van der Waals surface area contributed by atoms with Gasteiger partial charge in [0.2, 0.25) is 0 Å². The molecule has 1 aliphatic carbocycles. The molecule has 2 atom stereocenters. The van der Waals surface area contributed by atoms with Gasteiger partial charge in [-0.1, -0.05) is 58.4 Å². The lowest BCUT2D eigenvalue weighted by Crippen LogP contribution is -2.18. The molecular weight excluding hydrogens is 192 g/mol. The Morgan fingerprint density at radius 1 is 1.00 bits per heavy atom. The van der Waals surface area contributed by atoms with Gasteiger partial charge in [0, 0.05) is 5.41 Å². The zero-order valence-electron chi connectivity index (χ0n) is 11.5. The number of hydrogen-bond donors (Lipinski definition) is 0. The summed E-state index contributed by atoms with van der Waals surface area (Å²) in [5.74, 6) is 1.64. The maximum Gasteiger partial charge on any atom is 0.00558 e. The van der Waals surface area contributed by atoms with Crippen molar-refractivity contribution in [1.29, 1.82) is 0 Å². The van der Waals surface area contributed by atoms with Crippen LogP contribution >= 0.6 is 0 Å². The first-order chi connectivity index (χ1) is 7.71. The van der Waals surface area contributed by atoms with Crippen LogP contribution in [-0.4, -0.2) is 0 Å². The fraction of sp³-hybridized carbons (Fsp3) is 0.750. The molecule has 0 heterocycles. The third-order valence-electron chi connectivity index (χ3n) is 4.48. The van der Waals surface area contributed by atoms with Gasteiger partial charge >= 0.3 is 0 Å². The Bertz CT molecular complexity index is 243. The molecular formula is C16H28. The summed E-state index contributed by atoms with van der Waals surface area (Å²) in [5.41, 5.74) is 0.339. The summed E-state index contributed by atoms with van der Waals surface area (Å²) in [6.07, 6.45) is 16.2. The van der Waals surface area contributed by atoms with Crippen LogP contribution in [-0.2, 0) is 0 Å². The van der Waals surface area contributed by atoms with Crippen LogP contribution in [0.5, 0.6) is 0 Å². The van der Waals surface area contributed by atoms with Gasteiger partial charge in [-0.05, 0) is 37.5 Å². The molecule has 0 aromatic carbocycles. The fourth-order valence-corrected chi connectivity index (χ4v) is 2.84. The Morgan fingerprint density at radius 2 is 1.69 bits per heavy atom. The Hall–Kier alpha value is -0.520. The maximum atomic E-state index is 2.50. The summed E-state index contributed by atoms with van der Waals surface area (Å²) in [5, 5.41) is 0. The van der Waals surface area contributed by atoms with E-state index in [2.05, 4.69) is 52.0 Å². The molecule has 0 spiro atoms. The number of allylic oxidation sites excluding steroid dienone is 4. The fourth-order valence-electron chi connectivity index (χ4n) is 2.84. The van der Waals surface area contributed by atoms with Gasteiger partial charge in [0.15, 0.2) is 0 Å². The molecule has 16 heavy (non-hydrogen) atoms. The molecule has 0 radical (unpaired) electrons. The molecule has 92 valence electrons. The van der Waals surface area contributed by atoms with E-state index in [1.165, 1.54) is 32.1 Å². The smallest absolute Gasteiger partial charge is 0.00558 e. The van der Waals surface area contributed by atoms with Crippen LogP contribution in [0.2, 0.25) is 0 Å². The quantitative estimate of drug-likeness (QED) is 0.559. The first-order valence-corrected chi connectivity index (χ1v) is 7.08. The van der Waals surface area contributed by atoms with Gasteiger partial charge in [-0.15, -0.1) is 0 Å². The van der Waals surface area contributed by atoms with Crippen LogP contribution in [0.15, 0.2) is 24.3 Å². The van der Waals surface area contributed by atoms with Crippen LogP contribution in [0.1, 0.15) is 59.8 Å². The molecule has 0 bridgehead atoms. The molecule has 0 aliphatic heterocycles. The number of hydrogen-bond acceptors (Lipinski definition) is 0. The van der Waals surface area contributed by atoms with E-state index in [0.717, 1.165) is 11.8 Å². The van der Waals surface area contributed by atoms with Crippen molar-refractivity contribution in [2.75, 3.05) is 0 Å². The monoisotopic (exact) mass is 220 g/mol. The second-order valence-electron chi connectivity index (χ2n) is 5.18. The van der Waals surface area contributed by atoms with E-state index in [1.54, 1.807) is 0 Å². The van der Waals surface area contributed by atoms with E-state index in [9.17, 15) is 0 Å². The molecule has 0 fully saturated rings. The van der Waals surface area contributed by atoms with Crippen LogP contribution < -0.4 is 0 Å². The molecule has 0 aromatic rings. The van der Waals surface area contributed by atoms with Crippen molar-refractivity contribution in [3.8, 4) is 0 Å². The summed E-state index contributed by atoms with van der Waals surface area (Å²) in [6.45, 7) is 9.25. The summed E-state index contributed by atoms with van der Waals surface area (Å²) in [7, 11) is 0. The molecule has 0 amide bonds. The van der Waals surface area contributed by atoms with Crippen molar-refractivity contribution >= 4 is 0 Å². The summed E-state index contributed by atoms with van der Waals surface area (Å²) in [4.78, 5) is 0. The molecule has 0 saturated carbocycles. The lowest BCUT2D eigenvalue weighted by molar-refractivity contribution is 0.359. The molecule has 1 rings (SSSR count). The van der Waals surface area contributed by atoms with E-state index < -0.39 is 0 Å². The maximum absolute atomic E-state index is 2.50. The van der Waals surface area contributed by atoms with Gasteiger partial charge in [-0.2, -0.15) is 0 Å².